The van der Waals surface area contributed by atoms with Crippen molar-refractivity contribution >= 4 is 21.8 Å². The Morgan fingerprint density at radius 1 is 0.667 bits per heavy atom. The van der Waals surface area contributed by atoms with Crippen LogP contribution in [0.2, 0.25) is 0 Å². The average molecular weight is 467 g/mol. The number of rotatable bonds is 4. The Hall–Kier alpha value is -4.04. The van der Waals surface area contributed by atoms with E-state index in [1.54, 1.807) is 0 Å². The third kappa shape index (κ3) is 3.10. The van der Waals surface area contributed by atoms with Crippen molar-refractivity contribution < 1.29 is 0 Å². The van der Waals surface area contributed by atoms with Crippen LogP contribution in [0.1, 0.15) is 51.5 Å². The van der Waals surface area contributed by atoms with Crippen LogP contribution in [0.3, 0.4) is 0 Å². The van der Waals surface area contributed by atoms with Crippen molar-refractivity contribution in [3.8, 4) is 0 Å². The van der Waals surface area contributed by atoms with Gasteiger partial charge in [0.05, 0.1) is 6.04 Å². The van der Waals surface area contributed by atoms with Crippen molar-refractivity contribution in [1.82, 2.24) is 9.55 Å². The van der Waals surface area contributed by atoms with Gasteiger partial charge in [-0.2, -0.15) is 0 Å². The fraction of sp³-hybridized carbons (Fsp3) is 0.176. The standard InChI is InChI=1S/C34H30N2/c1-22-26-17-9-11-19-29(26)35-32(22)34-31(25-15-7-4-8-16-25)28(21-24-13-5-3-6-14-24)33-23(2)27-18-10-12-20-30(27)36(33)34/h3-20,28,31,34-35H,21H2,1-2H3/t28-,31-,34-/m0/s1. The van der Waals surface area contributed by atoms with Gasteiger partial charge in [0.2, 0.25) is 0 Å². The van der Waals surface area contributed by atoms with Crippen LogP contribution in [0, 0.1) is 13.8 Å². The molecule has 0 spiro atoms. The fourth-order valence-corrected chi connectivity index (χ4v) is 6.85. The Morgan fingerprint density at radius 2 is 1.31 bits per heavy atom. The molecule has 0 saturated carbocycles. The van der Waals surface area contributed by atoms with Gasteiger partial charge in [-0.1, -0.05) is 97.1 Å². The molecule has 176 valence electrons. The first-order chi connectivity index (χ1) is 17.7. The number of aromatic amines is 1. The third-order valence-corrected chi connectivity index (χ3v) is 8.40. The number of H-pyrrole nitrogens is 1. The molecule has 0 fully saturated rings. The molecule has 1 aliphatic rings. The molecular weight excluding hydrogens is 436 g/mol. The van der Waals surface area contributed by atoms with E-state index >= 15 is 0 Å². The zero-order valence-corrected chi connectivity index (χ0v) is 20.8. The molecule has 2 heteroatoms. The van der Waals surface area contributed by atoms with E-state index in [9.17, 15) is 0 Å². The lowest BCUT2D eigenvalue weighted by atomic mass is 9.77. The fourth-order valence-electron chi connectivity index (χ4n) is 6.85. The molecule has 2 nitrogen and oxygen atoms in total. The molecule has 2 aromatic heterocycles. The highest BCUT2D eigenvalue weighted by atomic mass is 15.1. The zero-order valence-electron chi connectivity index (χ0n) is 20.8. The summed E-state index contributed by atoms with van der Waals surface area (Å²) in [7, 11) is 0. The second-order valence-electron chi connectivity index (χ2n) is 10.3. The van der Waals surface area contributed by atoms with E-state index in [0.29, 0.717) is 11.8 Å². The molecule has 3 heterocycles. The average Bonchev–Trinajstić information content (AvgIpc) is 3.54. The highest BCUT2D eigenvalue weighted by Crippen LogP contribution is 2.56. The molecule has 0 saturated heterocycles. The second-order valence-corrected chi connectivity index (χ2v) is 10.3. The number of para-hydroxylation sites is 2. The minimum Gasteiger partial charge on any atom is -0.356 e. The van der Waals surface area contributed by atoms with Crippen LogP contribution in [0.25, 0.3) is 21.8 Å². The number of aromatic nitrogens is 2. The zero-order chi connectivity index (χ0) is 24.2. The monoisotopic (exact) mass is 466 g/mol. The van der Waals surface area contributed by atoms with Crippen LogP contribution in [0.5, 0.6) is 0 Å². The minimum atomic E-state index is 0.196. The van der Waals surface area contributed by atoms with Crippen molar-refractivity contribution in [2.24, 2.45) is 0 Å². The first-order valence-corrected chi connectivity index (χ1v) is 13.0. The first kappa shape index (κ1) is 21.3. The van der Waals surface area contributed by atoms with Crippen molar-refractivity contribution in [2.75, 3.05) is 0 Å². The summed E-state index contributed by atoms with van der Waals surface area (Å²) >= 11 is 0. The Balaban J connectivity index is 1.54. The summed E-state index contributed by atoms with van der Waals surface area (Å²) in [5.74, 6) is 0.703. The summed E-state index contributed by atoms with van der Waals surface area (Å²) in [4.78, 5) is 3.88. The lowest BCUT2D eigenvalue weighted by molar-refractivity contribution is 0.489. The smallest absolute Gasteiger partial charge is 0.0815 e. The molecule has 0 aliphatic carbocycles. The second kappa shape index (κ2) is 8.27. The van der Waals surface area contributed by atoms with Crippen LogP contribution in [0.15, 0.2) is 109 Å². The van der Waals surface area contributed by atoms with Gasteiger partial charge in [-0.3, -0.25) is 0 Å². The number of nitrogens with one attached hydrogen (secondary N) is 1. The van der Waals surface area contributed by atoms with Crippen LogP contribution >= 0.6 is 0 Å². The molecule has 3 atom stereocenters. The van der Waals surface area contributed by atoms with Crippen LogP contribution in [0.4, 0.5) is 0 Å². The Bertz CT molecular complexity index is 1690. The summed E-state index contributed by atoms with van der Waals surface area (Å²) in [5, 5.41) is 2.69. The number of fused-ring (bicyclic) bond motifs is 4. The molecule has 4 aromatic carbocycles. The molecule has 0 amide bonds. The third-order valence-electron chi connectivity index (χ3n) is 8.40. The molecular formula is C34H30N2. The van der Waals surface area contributed by atoms with Gasteiger partial charge < -0.3 is 9.55 Å². The summed E-state index contributed by atoms with van der Waals surface area (Å²) in [6, 6.07) is 40.1. The minimum absolute atomic E-state index is 0.196. The van der Waals surface area contributed by atoms with Crippen molar-refractivity contribution in [1.29, 1.82) is 0 Å². The molecule has 1 N–H and O–H groups in total. The van der Waals surface area contributed by atoms with Gasteiger partial charge in [-0.15, -0.1) is 0 Å². The maximum absolute atomic E-state index is 3.88. The van der Waals surface area contributed by atoms with Crippen LogP contribution in [-0.4, -0.2) is 9.55 Å². The van der Waals surface area contributed by atoms with E-state index in [4.69, 9.17) is 0 Å². The predicted molar refractivity (Wildman–Crippen MR) is 150 cm³/mol. The predicted octanol–water partition coefficient (Wildman–Crippen LogP) is 8.45. The number of nitrogens with zero attached hydrogens (tertiary/aromatic N) is 1. The highest BCUT2D eigenvalue weighted by Gasteiger charge is 2.45. The number of hydrogen-bond donors (Lipinski definition) is 1. The number of hydrogen-bond acceptors (Lipinski definition) is 0. The Labute approximate surface area is 212 Å². The number of benzene rings is 4. The number of aryl methyl sites for hydroxylation is 2. The van der Waals surface area contributed by atoms with Crippen LogP contribution in [-0.2, 0) is 6.42 Å². The van der Waals surface area contributed by atoms with Crippen molar-refractivity contribution in [3.05, 3.63) is 143 Å². The van der Waals surface area contributed by atoms with Crippen molar-refractivity contribution in [2.45, 2.75) is 38.1 Å². The largest absolute Gasteiger partial charge is 0.356 e. The molecule has 0 unspecified atom stereocenters. The van der Waals surface area contributed by atoms with E-state index in [-0.39, 0.29) is 6.04 Å². The van der Waals surface area contributed by atoms with E-state index in [1.807, 2.05) is 0 Å². The molecule has 1 aliphatic heterocycles. The van der Waals surface area contributed by atoms with Crippen molar-refractivity contribution in [3.63, 3.8) is 0 Å². The topological polar surface area (TPSA) is 20.7 Å². The molecule has 7 rings (SSSR count). The quantitative estimate of drug-likeness (QED) is 0.269. The van der Waals surface area contributed by atoms with Gasteiger partial charge >= 0.3 is 0 Å². The van der Waals surface area contributed by atoms with E-state index in [2.05, 4.69) is 133 Å². The van der Waals surface area contributed by atoms with E-state index < -0.39 is 0 Å². The maximum atomic E-state index is 3.88. The molecule has 36 heavy (non-hydrogen) atoms. The lowest BCUT2D eigenvalue weighted by Crippen LogP contribution is -2.17. The molecule has 0 radical (unpaired) electrons. The Kier molecular flexibility index (Phi) is 4.89. The van der Waals surface area contributed by atoms with Gasteiger partial charge in [-0.25, -0.2) is 0 Å². The van der Waals surface area contributed by atoms with Gasteiger partial charge in [0.15, 0.2) is 0 Å². The van der Waals surface area contributed by atoms with Crippen LogP contribution < -0.4 is 0 Å². The van der Waals surface area contributed by atoms with Gasteiger partial charge in [-0.05, 0) is 54.7 Å². The first-order valence-electron chi connectivity index (χ1n) is 13.0. The summed E-state index contributed by atoms with van der Waals surface area (Å²) in [5.41, 5.74) is 11.0. The van der Waals surface area contributed by atoms with E-state index in [1.165, 1.54) is 55.4 Å². The maximum Gasteiger partial charge on any atom is 0.0815 e. The summed E-state index contributed by atoms with van der Waals surface area (Å²) in [6.07, 6.45) is 1.02. The molecule has 6 aromatic rings. The summed E-state index contributed by atoms with van der Waals surface area (Å²) < 4.78 is 2.67. The van der Waals surface area contributed by atoms with Gasteiger partial charge in [0.1, 0.15) is 0 Å². The lowest BCUT2D eigenvalue weighted by Gasteiger charge is -2.27. The van der Waals surface area contributed by atoms with E-state index in [0.717, 1.165) is 6.42 Å². The highest BCUT2D eigenvalue weighted by molar-refractivity contribution is 5.88. The summed E-state index contributed by atoms with van der Waals surface area (Å²) in [6.45, 7) is 4.62. The Morgan fingerprint density at radius 3 is 2.06 bits per heavy atom. The SMILES string of the molecule is Cc1c([C@@H]2[C@@H](c3ccccc3)[C@H](Cc3ccccc3)c3c(C)c4ccccc4n32)[nH]c2ccccc12. The van der Waals surface area contributed by atoms with Gasteiger partial charge in [0, 0.05) is 45.0 Å². The molecule has 0 bridgehead atoms. The van der Waals surface area contributed by atoms with Gasteiger partial charge in [0.25, 0.3) is 0 Å². The normalized spacial score (nSPS) is 19.2.